The Kier molecular flexibility index (Phi) is 5.60. The van der Waals surface area contributed by atoms with Gasteiger partial charge in [0.25, 0.3) is 0 Å². The Labute approximate surface area is 123 Å². The van der Waals surface area contributed by atoms with Crippen LogP contribution in [0.5, 0.6) is 5.75 Å². The van der Waals surface area contributed by atoms with Gasteiger partial charge in [-0.2, -0.15) is 0 Å². The number of aliphatic carboxylic acids is 1. The van der Waals surface area contributed by atoms with Gasteiger partial charge >= 0.3 is 5.97 Å². The molecule has 0 amide bonds. The number of carbonyl (C=O) groups is 1. The average molecular weight is 373 g/mol. The Hall–Kier alpha value is -0.830. The number of ether oxygens (including phenoxy) is 1. The number of hydrogen-bond donors (Lipinski definition) is 2. The molecule has 0 aromatic heterocycles. The number of hydrogen-bond acceptors (Lipinski definition) is 4. The van der Waals surface area contributed by atoms with Crippen LogP contribution in [0.4, 0.5) is 0 Å². The van der Waals surface area contributed by atoms with Gasteiger partial charge in [-0.05, 0) is 18.6 Å². The number of sulfonamides is 1. The van der Waals surface area contributed by atoms with Crippen LogP contribution in [0.2, 0.25) is 5.02 Å². The molecule has 0 heterocycles. The Bertz CT molecular complexity index is 590. The van der Waals surface area contributed by atoms with E-state index < -0.39 is 16.0 Å². The van der Waals surface area contributed by atoms with Crippen LogP contribution in [-0.4, -0.2) is 26.1 Å². The number of carboxylic acids is 1. The molecule has 9 heteroatoms. The fourth-order valence-corrected chi connectivity index (χ4v) is 3.08. The molecule has 0 aliphatic heterocycles. The van der Waals surface area contributed by atoms with Crippen LogP contribution in [0.15, 0.2) is 21.5 Å². The van der Waals surface area contributed by atoms with Crippen LogP contribution in [0.3, 0.4) is 0 Å². The number of nitrogens with two attached hydrogens (primary N) is 1. The van der Waals surface area contributed by atoms with Crippen LogP contribution < -0.4 is 9.88 Å². The lowest BCUT2D eigenvalue weighted by Gasteiger charge is -2.12. The Morgan fingerprint density at radius 1 is 1.47 bits per heavy atom. The fraction of sp³-hybridized carbons (Fsp3) is 0.300. The molecular formula is C10H11BrClNO5S. The second kappa shape index (κ2) is 6.56. The van der Waals surface area contributed by atoms with Gasteiger partial charge in [0.05, 0.1) is 11.6 Å². The van der Waals surface area contributed by atoms with Crippen molar-refractivity contribution in [1.82, 2.24) is 0 Å². The lowest BCUT2D eigenvalue weighted by atomic mass is 10.3. The highest BCUT2D eigenvalue weighted by Crippen LogP contribution is 2.35. The van der Waals surface area contributed by atoms with E-state index in [9.17, 15) is 13.2 Å². The van der Waals surface area contributed by atoms with E-state index in [2.05, 4.69) is 15.9 Å². The van der Waals surface area contributed by atoms with Crippen LogP contribution in [0.25, 0.3) is 0 Å². The third-order valence-electron chi connectivity index (χ3n) is 2.06. The van der Waals surface area contributed by atoms with Gasteiger partial charge in [-0.25, -0.2) is 13.6 Å². The Morgan fingerprint density at radius 2 is 2.11 bits per heavy atom. The van der Waals surface area contributed by atoms with Gasteiger partial charge < -0.3 is 9.84 Å². The van der Waals surface area contributed by atoms with Crippen LogP contribution in [-0.2, 0) is 14.8 Å². The fourth-order valence-electron chi connectivity index (χ4n) is 1.29. The molecule has 19 heavy (non-hydrogen) atoms. The highest BCUT2D eigenvalue weighted by Gasteiger charge is 2.19. The third kappa shape index (κ3) is 4.98. The molecule has 6 nitrogen and oxygen atoms in total. The predicted octanol–water partition coefficient (Wildman–Crippen LogP) is 1.99. The van der Waals surface area contributed by atoms with E-state index in [4.69, 9.17) is 26.6 Å². The summed E-state index contributed by atoms with van der Waals surface area (Å²) < 4.78 is 28.5. The second-order valence-electron chi connectivity index (χ2n) is 3.61. The van der Waals surface area contributed by atoms with Gasteiger partial charge in [0.1, 0.15) is 4.90 Å². The summed E-state index contributed by atoms with van der Waals surface area (Å²) in [5.41, 5.74) is 0. The van der Waals surface area contributed by atoms with Crippen LogP contribution >= 0.6 is 27.5 Å². The molecule has 106 valence electrons. The van der Waals surface area contributed by atoms with Crippen molar-refractivity contribution in [2.75, 3.05) is 6.61 Å². The van der Waals surface area contributed by atoms with Crippen molar-refractivity contribution in [2.24, 2.45) is 5.14 Å². The first-order valence-corrected chi connectivity index (χ1v) is 7.80. The van der Waals surface area contributed by atoms with E-state index in [0.29, 0.717) is 4.47 Å². The van der Waals surface area contributed by atoms with Crippen molar-refractivity contribution < 1.29 is 23.1 Å². The SMILES string of the molecule is NS(=O)(=O)c1cc(Br)cc(Cl)c1OCCCC(=O)O. The van der Waals surface area contributed by atoms with Crippen molar-refractivity contribution in [3.8, 4) is 5.75 Å². The number of rotatable bonds is 6. The molecule has 3 N–H and O–H groups in total. The molecule has 0 saturated carbocycles. The minimum atomic E-state index is -3.99. The average Bonchev–Trinajstić information content (AvgIpc) is 2.24. The molecule has 0 aliphatic carbocycles. The monoisotopic (exact) mass is 371 g/mol. The van der Waals surface area contributed by atoms with E-state index in [1.165, 1.54) is 12.1 Å². The smallest absolute Gasteiger partial charge is 0.303 e. The molecule has 1 rings (SSSR count). The normalized spacial score (nSPS) is 11.3. The van der Waals surface area contributed by atoms with Crippen molar-refractivity contribution in [2.45, 2.75) is 17.7 Å². The van der Waals surface area contributed by atoms with Crippen LogP contribution in [0, 0.1) is 0 Å². The molecule has 0 bridgehead atoms. The maximum atomic E-state index is 11.4. The molecule has 0 fully saturated rings. The topological polar surface area (TPSA) is 107 Å². The molecule has 0 unspecified atom stereocenters. The zero-order chi connectivity index (χ0) is 14.6. The zero-order valence-corrected chi connectivity index (χ0v) is 12.8. The molecular weight excluding hydrogens is 362 g/mol. The van der Waals surface area contributed by atoms with E-state index in [1.807, 2.05) is 0 Å². The number of primary sulfonamides is 1. The van der Waals surface area contributed by atoms with Gasteiger partial charge in [0.2, 0.25) is 10.0 Å². The molecule has 1 aromatic carbocycles. The van der Waals surface area contributed by atoms with Crippen molar-refractivity contribution >= 4 is 43.5 Å². The highest BCUT2D eigenvalue weighted by atomic mass is 79.9. The largest absolute Gasteiger partial charge is 0.491 e. The van der Waals surface area contributed by atoms with Gasteiger partial charge in [0.15, 0.2) is 5.75 Å². The summed E-state index contributed by atoms with van der Waals surface area (Å²) in [6, 6.07) is 2.73. The Morgan fingerprint density at radius 3 is 2.63 bits per heavy atom. The standard InChI is InChI=1S/C10H11BrClNO5S/c11-6-4-7(12)10(8(5-6)19(13,16)17)18-3-1-2-9(14)15/h4-5H,1-3H2,(H,14,15)(H2,13,16,17). The van der Waals surface area contributed by atoms with Gasteiger partial charge in [-0.15, -0.1) is 0 Å². The molecule has 0 radical (unpaired) electrons. The molecule has 0 spiro atoms. The highest BCUT2D eigenvalue weighted by molar-refractivity contribution is 9.10. The molecule has 0 aliphatic rings. The van der Waals surface area contributed by atoms with Crippen molar-refractivity contribution in [3.63, 3.8) is 0 Å². The first kappa shape index (κ1) is 16.2. The predicted molar refractivity (Wildman–Crippen MR) is 72.9 cm³/mol. The quantitative estimate of drug-likeness (QED) is 0.743. The summed E-state index contributed by atoms with van der Waals surface area (Å²) in [7, 11) is -3.99. The molecule has 0 saturated heterocycles. The number of halogens is 2. The molecule has 0 atom stereocenters. The minimum absolute atomic E-state index is 0.0240. The van der Waals surface area contributed by atoms with E-state index in [-0.39, 0.29) is 35.1 Å². The lowest BCUT2D eigenvalue weighted by Crippen LogP contribution is -2.15. The first-order valence-electron chi connectivity index (χ1n) is 5.08. The first-order chi connectivity index (χ1) is 8.71. The number of carboxylic acid groups (broad SMARTS) is 1. The summed E-state index contributed by atoms with van der Waals surface area (Å²) in [5, 5.41) is 13.6. The minimum Gasteiger partial charge on any atom is -0.491 e. The van der Waals surface area contributed by atoms with Gasteiger partial charge in [0, 0.05) is 10.9 Å². The maximum absolute atomic E-state index is 11.4. The summed E-state index contributed by atoms with van der Waals surface area (Å²) >= 11 is 8.99. The maximum Gasteiger partial charge on any atom is 0.303 e. The van der Waals surface area contributed by atoms with Crippen molar-refractivity contribution in [1.29, 1.82) is 0 Å². The van der Waals surface area contributed by atoms with E-state index >= 15 is 0 Å². The molecule has 1 aromatic rings. The summed E-state index contributed by atoms with van der Waals surface area (Å²) in [5.74, 6) is -1.03. The van der Waals surface area contributed by atoms with E-state index in [0.717, 1.165) is 0 Å². The van der Waals surface area contributed by atoms with Gasteiger partial charge in [-0.1, -0.05) is 27.5 Å². The summed E-state index contributed by atoms with van der Waals surface area (Å²) in [6.07, 6.45) is 0.143. The third-order valence-corrected chi connectivity index (χ3v) is 3.72. The van der Waals surface area contributed by atoms with Gasteiger partial charge in [-0.3, -0.25) is 4.79 Å². The van der Waals surface area contributed by atoms with Crippen LogP contribution in [0.1, 0.15) is 12.8 Å². The zero-order valence-electron chi connectivity index (χ0n) is 9.60. The van der Waals surface area contributed by atoms with Crippen molar-refractivity contribution in [3.05, 3.63) is 21.6 Å². The van der Waals surface area contributed by atoms with E-state index in [1.54, 1.807) is 0 Å². The Balaban J connectivity index is 2.96. The summed E-state index contributed by atoms with van der Waals surface area (Å²) in [6.45, 7) is 0.0240. The second-order valence-corrected chi connectivity index (χ2v) is 6.46. The lowest BCUT2D eigenvalue weighted by molar-refractivity contribution is -0.137. The number of benzene rings is 1. The summed E-state index contributed by atoms with van der Waals surface area (Å²) in [4.78, 5) is 10.1.